The van der Waals surface area contributed by atoms with Crippen LogP contribution >= 0.6 is 44.1 Å². The van der Waals surface area contributed by atoms with Crippen molar-refractivity contribution in [2.45, 2.75) is 13.8 Å². The predicted octanol–water partition coefficient (Wildman–Crippen LogP) is 5.79. The third kappa shape index (κ3) is 5.63. The van der Waals surface area contributed by atoms with E-state index in [1.54, 1.807) is 16.9 Å². The van der Waals surface area contributed by atoms with Gasteiger partial charge in [-0.3, -0.25) is 10.1 Å². The number of fused-ring (bicyclic) bond motifs is 1. The molecule has 180 valence electrons. The highest BCUT2D eigenvalue weighted by molar-refractivity contribution is 9.11. The molecule has 4 rings (SSSR count). The van der Waals surface area contributed by atoms with E-state index in [0.29, 0.717) is 33.6 Å². The summed E-state index contributed by atoms with van der Waals surface area (Å²) < 4.78 is 12.2. The molecule has 0 spiro atoms. The first-order valence-electron chi connectivity index (χ1n) is 10.6. The first-order chi connectivity index (χ1) is 16.8. The number of rotatable bonds is 6. The molecular formula is C24H21Br2N5O3S. The maximum absolute atomic E-state index is 12.9. The van der Waals surface area contributed by atoms with Gasteiger partial charge in [0.25, 0.3) is 5.91 Å². The van der Waals surface area contributed by atoms with Crippen molar-refractivity contribution in [1.29, 1.82) is 0 Å². The fraction of sp³-hybridized carbons (Fsp3) is 0.167. The van der Waals surface area contributed by atoms with Crippen molar-refractivity contribution in [3.63, 3.8) is 0 Å². The van der Waals surface area contributed by atoms with Gasteiger partial charge in [-0.1, -0.05) is 15.9 Å². The molecule has 0 saturated heterocycles. The lowest BCUT2D eigenvalue weighted by molar-refractivity contribution is 0.0974. The number of thiocarbonyl (C=S) groups is 1. The molecule has 11 heteroatoms. The van der Waals surface area contributed by atoms with Gasteiger partial charge in [0.05, 0.1) is 29.4 Å². The smallest absolute Gasteiger partial charge is 0.261 e. The van der Waals surface area contributed by atoms with Gasteiger partial charge in [-0.2, -0.15) is 4.80 Å². The second-order valence-electron chi connectivity index (χ2n) is 7.45. The van der Waals surface area contributed by atoms with Gasteiger partial charge in [-0.15, -0.1) is 10.2 Å². The fourth-order valence-corrected chi connectivity index (χ4v) is 5.01. The van der Waals surface area contributed by atoms with Gasteiger partial charge in [0.1, 0.15) is 22.5 Å². The molecule has 1 aromatic heterocycles. The van der Waals surface area contributed by atoms with E-state index in [4.69, 9.17) is 21.7 Å². The quantitative estimate of drug-likeness (QED) is 0.264. The number of halogens is 2. The van der Waals surface area contributed by atoms with Crippen LogP contribution in [0, 0.1) is 6.92 Å². The van der Waals surface area contributed by atoms with Crippen LogP contribution in [-0.4, -0.2) is 39.7 Å². The molecule has 0 atom stereocenters. The zero-order valence-electron chi connectivity index (χ0n) is 19.1. The topological polar surface area (TPSA) is 90.3 Å². The van der Waals surface area contributed by atoms with E-state index < -0.39 is 5.91 Å². The van der Waals surface area contributed by atoms with Gasteiger partial charge in [0, 0.05) is 10.2 Å². The lowest BCUT2D eigenvalue weighted by Crippen LogP contribution is -2.34. The summed E-state index contributed by atoms with van der Waals surface area (Å²) in [4.78, 5) is 14.4. The Morgan fingerprint density at radius 3 is 2.43 bits per heavy atom. The Balaban J connectivity index is 1.53. The Labute approximate surface area is 224 Å². The van der Waals surface area contributed by atoms with Gasteiger partial charge in [0.15, 0.2) is 5.11 Å². The predicted molar refractivity (Wildman–Crippen MR) is 147 cm³/mol. The number of ether oxygens (including phenoxy) is 2. The maximum Gasteiger partial charge on any atom is 0.261 e. The normalized spacial score (nSPS) is 10.8. The highest BCUT2D eigenvalue weighted by Gasteiger charge is 2.18. The first-order valence-corrected chi connectivity index (χ1v) is 12.5. The Bertz CT molecular complexity index is 1420. The Hall–Kier alpha value is -3.02. The molecular weight excluding hydrogens is 598 g/mol. The van der Waals surface area contributed by atoms with Crippen molar-refractivity contribution in [3.8, 4) is 17.2 Å². The summed E-state index contributed by atoms with van der Waals surface area (Å²) in [5.74, 6) is 0.803. The molecule has 1 heterocycles. The highest BCUT2D eigenvalue weighted by atomic mass is 79.9. The lowest BCUT2D eigenvalue weighted by atomic mass is 10.1. The number of aryl methyl sites for hydroxylation is 1. The largest absolute Gasteiger partial charge is 0.495 e. The number of anilines is 1. The van der Waals surface area contributed by atoms with E-state index in [-0.39, 0.29) is 5.11 Å². The van der Waals surface area contributed by atoms with E-state index in [9.17, 15) is 4.79 Å². The monoisotopic (exact) mass is 617 g/mol. The number of carbonyl (C=O) groups excluding carboxylic acids is 1. The Kier molecular flexibility index (Phi) is 7.68. The molecule has 0 aliphatic heterocycles. The van der Waals surface area contributed by atoms with Gasteiger partial charge in [0.2, 0.25) is 0 Å². The molecule has 0 saturated carbocycles. The van der Waals surface area contributed by atoms with Crippen LogP contribution in [0.25, 0.3) is 16.7 Å². The minimum Gasteiger partial charge on any atom is -0.495 e. The van der Waals surface area contributed by atoms with Crippen LogP contribution in [-0.2, 0) is 0 Å². The number of amides is 1. The van der Waals surface area contributed by atoms with Crippen molar-refractivity contribution < 1.29 is 14.3 Å². The minimum absolute atomic E-state index is 0.148. The van der Waals surface area contributed by atoms with Crippen LogP contribution in [0.5, 0.6) is 11.5 Å². The van der Waals surface area contributed by atoms with E-state index in [1.807, 2.05) is 50.2 Å². The van der Waals surface area contributed by atoms with Crippen molar-refractivity contribution in [3.05, 3.63) is 68.6 Å². The van der Waals surface area contributed by atoms with Crippen molar-refractivity contribution in [1.82, 2.24) is 20.3 Å². The summed E-state index contributed by atoms with van der Waals surface area (Å²) in [6, 6.07) is 14.8. The summed E-state index contributed by atoms with van der Waals surface area (Å²) >= 11 is 12.2. The second-order valence-corrected chi connectivity index (χ2v) is 9.63. The summed E-state index contributed by atoms with van der Waals surface area (Å²) in [5.41, 5.74) is 4.18. The van der Waals surface area contributed by atoms with Crippen LogP contribution in [0.15, 0.2) is 57.5 Å². The van der Waals surface area contributed by atoms with Crippen LogP contribution < -0.4 is 20.1 Å². The molecule has 0 fully saturated rings. The average Bonchev–Trinajstić information content (AvgIpc) is 3.22. The molecule has 0 unspecified atom stereocenters. The van der Waals surface area contributed by atoms with E-state index in [2.05, 4.69) is 52.7 Å². The van der Waals surface area contributed by atoms with E-state index in [0.717, 1.165) is 27.0 Å². The number of nitrogens with one attached hydrogen (secondary N) is 2. The van der Waals surface area contributed by atoms with Gasteiger partial charge in [-0.05, 0) is 96.1 Å². The summed E-state index contributed by atoms with van der Waals surface area (Å²) in [5, 5.41) is 15.1. The summed E-state index contributed by atoms with van der Waals surface area (Å²) in [6.45, 7) is 4.47. The molecule has 3 aromatic carbocycles. The molecule has 2 N–H and O–H groups in total. The fourth-order valence-electron chi connectivity index (χ4n) is 3.42. The molecule has 0 aliphatic carbocycles. The molecule has 0 radical (unpaired) electrons. The van der Waals surface area contributed by atoms with Crippen molar-refractivity contribution >= 4 is 71.8 Å². The third-order valence-corrected chi connectivity index (χ3v) is 6.29. The summed E-state index contributed by atoms with van der Waals surface area (Å²) in [7, 11) is 1.50. The molecule has 1 amide bonds. The van der Waals surface area contributed by atoms with Crippen LogP contribution in [0.3, 0.4) is 0 Å². The molecule has 8 nitrogen and oxygen atoms in total. The zero-order chi connectivity index (χ0) is 25.1. The van der Waals surface area contributed by atoms with Crippen molar-refractivity contribution in [2.24, 2.45) is 0 Å². The van der Waals surface area contributed by atoms with Gasteiger partial charge in [-0.25, -0.2) is 0 Å². The number of aromatic nitrogens is 3. The molecule has 0 aliphatic rings. The van der Waals surface area contributed by atoms with Crippen LogP contribution in [0.2, 0.25) is 0 Å². The number of benzene rings is 3. The number of nitrogens with zero attached hydrogens (tertiary/aromatic N) is 3. The minimum atomic E-state index is -0.401. The maximum atomic E-state index is 12.9. The molecule has 35 heavy (non-hydrogen) atoms. The van der Waals surface area contributed by atoms with Crippen LogP contribution in [0.4, 0.5) is 5.69 Å². The van der Waals surface area contributed by atoms with Crippen molar-refractivity contribution in [2.75, 3.05) is 19.0 Å². The average molecular weight is 619 g/mol. The number of carbonyl (C=O) groups is 1. The summed E-state index contributed by atoms with van der Waals surface area (Å²) in [6.07, 6.45) is 0. The van der Waals surface area contributed by atoms with E-state index >= 15 is 0 Å². The number of methoxy groups -OCH3 is 1. The van der Waals surface area contributed by atoms with Gasteiger partial charge < -0.3 is 14.8 Å². The Morgan fingerprint density at radius 2 is 1.77 bits per heavy atom. The highest BCUT2D eigenvalue weighted by Crippen LogP contribution is 2.32. The first kappa shape index (κ1) is 25.1. The molecule has 4 aromatic rings. The van der Waals surface area contributed by atoms with Gasteiger partial charge >= 0.3 is 0 Å². The van der Waals surface area contributed by atoms with Crippen LogP contribution in [0.1, 0.15) is 22.8 Å². The number of hydrogen-bond donors (Lipinski definition) is 2. The lowest BCUT2D eigenvalue weighted by Gasteiger charge is -2.14. The molecule has 0 bridgehead atoms. The zero-order valence-corrected chi connectivity index (χ0v) is 23.0. The number of hydrogen-bond acceptors (Lipinski definition) is 6. The SMILES string of the molecule is CCOc1ccc(-n2nc3cc(C)c(NC(=S)NC(=O)c4cc(Br)cc(Br)c4OC)cc3n2)cc1. The second kappa shape index (κ2) is 10.7. The standard InChI is InChI=1S/C24H21Br2N5O3S/c1-4-34-16-7-5-15(6-8-16)31-29-20-9-13(2)19(12-21(20)30-31)27-24(35)28-23(32)17-10-14(25)11-18(26)22(17)33-3/h5-12H,4H2,1-3H3,(H2,27,28,32,35). The van der Waals surface area contributed by atoms with E-state index in [1.165, 1.54) is 7.11 Å². The third-order valence-electron chi connectivity index (χ3n) is 5.04. The Morgan fingerprint density at radius 1 is 1.09 bits per heavy atom.